The molecular formula is C24H31ClO7. The van der Waals surface area contributed by atoms with Gasteiger partial charge in [0.1, 0.15) is 6.10 Å². The molecule has 0 heterocycles. The Bertz CT molecular complexity index is 866. The van der Waals surface area contributed by atoms with E-state index in [1.54, 1.807) is 19.1 Å². The molecule has 7 nitrogen and oxygen atoms in total. The van der Waals surface area contributed by atoms with Gasteiger partial charge in [-0.2, -0.15) is 0 Å². The van der Waals surface area contributed by atoms with E-state index in [2.05, 4.69) is 0 Å². The van der Waals surface area contributed by atoms with Crippen LogP contribution in [0, 0.1) is 34.5 Å². The number of alkyl halides is 1. The van der Waals surface area contributed by atoms with Crippen molar-refractivity contribution in [2.24, 2.45) is 34.5 Å². The van der Waals surface area contributed by atoms with Gasteiger partial charge in [-0.25, -0.2) is 4.79 Å². The molecule has 3 saturated carbocycles. The number of fused-ring (bicyclic) bond motifs is 5. The van der Waals surface area contributed by atoms with Crippen molar-refractivity contribution in [3.8, 4) is 0 Å². The standard InChI is InChI=1S/C24H31ClO7/c1-4-30-22(29)32-18-10-13-9-14(26)7-8-23(13,2)20-17(27)11-24(3)15(19(18)20)5-6-16(24)21(28)31-12-25/h7-9,15-20,27H,4-6,10-12H2,1-3H3/t15-,16?,17?,18?,19+,20-,23-,24-/m0/s1. The second-order valence-electron chi connectivity index (χ2n) is 9.92. The molecule has 0 aromatic heterocycles. The van der Waals surface area contributed by atoms with Crippen molar-refractivity contribution in [2.45, 2.75) is 58.7 Å². The van der Waals surface area contributed by atoms with Gasteiger partial charge in [0.05, 0.1) is 18.6 Å². The lowest BCUT2D eigenvalue weighted by atomic mass is 9.46. The molecule has 0 saturated heterocycles. The quantitative estimate of drug-likeness (QED) is 0.497. The molecule has 8 heteroatoms. The zero-order valence-corrected chi connectivity index (χ0v) is 19.5. The SMILES string of the molecule is CCOC(=O)OC1CC2=CC(=O)C=C[C@]2(C)[C@H]2C(O)C[C@]3(C)C(C(=O)OCCl)CC[C@H]3[C@H]12. The summed E-state index contributed by atoms with van der Waals surface area (Å²) >= 11 is 5.65. The van der Waals surface area contributed by atoms with E-state index in [0.29, 0.717) is 19.3 Å². The lowest BCUT2D eigenvalue weighted by Gasteiger charge is -2.60. The minimum absolute atomic E-state index is 0.0348. The maximum absolute atomic E-state index is 12.7. The first kappa shape index (κ1) is 23.3. The maximum Gasteiger partial charge on any atom is 0.508 e. The monoisotopic (exact) mass is 466 g/mol. The van der Waals surface area contributed by atoms with E-state index >= 15 is 0 Å². The molecule has 0 spiro atoms. The number of halogens is 1. The van der Waals surface area contributed by atoms with Gasteiger partial charge < -0.3 is 19.3 Å². The third kappa shape index (κ3) is 3.58. The van der Waals surface area contributed by atoms with Crippen LogP contribution in [0.3, 0.4) is 0 Å². The summed E-state index contributed by atoms with van der Waals surface area (Å²) in [5, 5.41) is 11.5. The van der Waals surface area contributed by atoms with Gasteiger partial charge in [0.25, 0.3) is 0 Å². The highest BCUT2D eigenvalue weighted by molar-refractivity contribution is 6.17. The van der Waals surface area contributed by atoms with Gasteiger partial charge in [0, 0.05) is 23.7 Å². The molecular weight excluding hydrogens is 436 g/mol. The number of rotatable bonds is 4. The van der Waals surface area contributed by atoms with Gasteiger partial charge in [-0.3, -0.25) is 9.59 Å². The van der Waals surface area contributed by atoms with Gasteiger partial charge in [0.2, 0.25) is 0 Å². The molecule has 8 atom stereocenters. The van der Waals surface area contributed by atoms with E-state index in [0.717, 1.165) is 12.0 Å². The minimum Gasteiger partial charge on any atom is -0.449 e. The van der Waals surface area contributed by atoms with Gasteiger partial charge in [-0.05, 0) is 49.7 Å². The maximum atomic E-state index is 12.7. The lowest BCUT2D eigenvalue weighted by Crippen LogP contribution is -2.61. The molecule has 0 aliphatic heterocycles. The number of carbonyl (C=O) groups is 3. The van der Waals surface area contributed by atoms with Gasteiger partial charge >= 0.3 is 12.1 Å². The Morgan fingerprint density at radius 1 is 1.25 bits per heavy atom. The van der Waals surface area contributed by atoms with E-state index in [9.17, 15) is 19.5 Å². The van der Waals surface area contributed by atoms with Gasteiger partial charge in [-0.15, -0.1) is 0 Å². The Labute approximate surface area is 193 Å². The normalized spacial score (nSPS) is 42.3. The van der Waals surface area contributed by atoms with Crippen LogP contribution in [-0.2, 0) is 23.8 Å². The Kier molecular flexibility index (Phi) is 6.18. The van der Waals surface area contributed by atoms with Crippen molar-refractivity contribution < 1.29 is 33.7 Å². The highest BCUT2D eigenvalue weighted by Gasteiger charge is 2.65. The van der Waals surface area contributed by atoms with E-state index in [1.165, 1.54) is 0 Å². The van der Waals surface area contributed by atoms with Crippen LogP contribution in [0.1, 0.15) is 46.5 Å². The summed E-state index contributed by atoms with van der Waals surface area (Å²) < 4.78 is 16.0. The number of hydrogen-bond acceptors (Lipinski definition) is 7. The number of hydrogen-bond donors (Lipinski definition) is 1. The molecule has 3 unspecified atom stereocenters. The highest BCUT2D eigenvalue weighted by Crippen LogP contribution is 2.66. The number of ether oxygens (including phenoxy) is 3. The first-order valence-corrected chi connectivity index (χ1v) is 11.9. The summed E-state index contributed by atoms with van der Waals surface area (Å²) in [7, 11) is 0. The fourth-order valence-corrected chi connectivity index (χ4v) is 7.30. The van der Waals surface area contributed by atoms with E-state index in [4.69, 9.17) is 25.8 Å². The summed E-state index contributed by atoms with van der Waals surface area (Å²) in [4.78, 5) is 37.1. The van der Waals surface area contributed by atoms with E-state index in [-0.39, 0.29) is 48.1 Å². The van der Waals surface area contributed by atoms with Crippen LogP contribution in [0.2, 0.25) is 0 Å². The average molecular weight is 467 g/mol. The van der Waals surface area contributed by atoms with E-state index < -0.39 is 29.2 Å². The highest BCUT2D eigenvalue weighted by atomic mass is 35.5. The molecule has 3 fully saturated rings. The van der Waals surface area contributed by atoms with Crippen LogP contribution in [0.15, 0.2) is 23.8 Å². The smallest absolute Gasteiger partial charge is 0.449 e. The molecule has 0 aromatic rings. The zero-order valence-electron chi connectivity index (χ0n) is 18.7. The summed E-state index contributed by atoms with van der Waals surface area (Å²) in [5.41, 5.74) is -0.173. The molecule has 0 amide bonds. The number of aliphatic hydroxyl groups is 1. The topological polar surface area (TPSA) is 99.1 Å². The third-order valence-corrected chi connectivity index (χ3v) is 8.60. The Hall–Kier alpha value is -1.86. The van der Waals surface area contributed by atoms with Crippen molar-refractivity contribution in [1.29, 1.82) is 0 Å². The zero-order chi connectivity index (χ0) is 23.3. The van der Waals surface area contributed by atoms with Crippen molar-refractivity contribution in [3.63, 3.8) is 0 Å². The van der Waals surface area contributed by atoms with Crippen molar-refractivity contribution in [2.75, 3.05) is 12.7 Å². The number of ketones is 1. The van der Waals surface area contributed by atoms with Crippen LogP contribution in [0.5, 0.6) is 0 Å². The Morgan fingerprint density at radius 2 is 2.00 bits per heavy atom. The fraction of sp³-hybridized carbons (Fsp3) is 0.708. The minimum atomic E-state index is -0.754. The van der Waals surface area contributed by atoms with Crippen LogP contribution in [0.4, 0.5) is 4.79 Å². The van der Waals surface area contributed by atoms with Gasteiger partial charge in [-0.1, -0.05) is 37.1 Å². The fourth-order valence-electron chi connectivity index (χ4n) is 7.20. The molecule has 1 N–H and O–H groups in total. The van der Waals surface area contributed by atoms with Crippen LogP contribution in [-0.4, -0.2) is 47.9 Å². The Balaban J connectivity index is 1.75. The molecule has 0 bridgehead atoms. The summed E-state index contributed by atoms with van der Waals surface area (Å²) in [6.45, 7) is 5.97. The molecule has 4 aliphatic rings. The largest absolute Gasteiger partial charge is 0.508 e. The van der Waals surface area contributed by atoms with E-state index in [1.807, 2.05) is 19.9 Å². The Morgan fingerprint density at radius 3 is 2.69 bits per heavy atom. The number of allylic oxidation sites excluding steroid dienone is 3. The molecule has 0 radical (unpaired) electrons. The van der Waals surface area contributed by atoms with Crippen molar-refractivity contribution in [1.82, 2.24) is 0 Å². The molecule has 32 heavy (non-hydrogen) atoms. The van der Waals surface area contributed by atoms with Gasteiger partial charge in [0.15, 0.2) is 11.8 Å². The van der Waals surface area contributed by atoms with Crippen molar-refractivity contribution >= 4 is 29.5 Å². The second-order valence-corrected chi connectivity index (χ2v) is 10.1. The van der Waals surface area contributed by atoms with Crippen LogP contribution < -0.4 is 0 Å². The molecule has 4 aliphatic carbocycles. The number of aliphatic hydroxyl groups excluding tert-OH is 1. The summed E-state index contributed by atoms with van der Waals surface area (Å²) in [6.07, 6.45) is 5.21. The molecule has 4 rings (SSSR count). The third-order valence-electron chi connectivity index (χ3n) is 8.49. The molecule has 0 aromatic carbocycles. The summed E-state index contributed by atoms with van der Waals surface area (Å²) in [5.74, 6) is -1.24. The second kappa shape index (κ2) is 8.49. The predicted molar refractivity (Wildman–Crippen MR) is 116 cm³/mol. The number of carbonyl (C=O) groups excluding carboxylic acids is 3. The molecule has 176 valence electrons. The van der Waals surface area contributed by atoms with Crippen LogP contribution in [0.25, 0.3) is 0 Å². The first-order valence-electron chi connectivity index (χ1n) is 11.3. The summed E-state index contributed by atoms with van der Waals surface area (Å²) in [6, 6.07) is -0.204. The average Bonchev–Trinajstić information content (AvgIpc) is 3.05. The lowest BCUT2D eigenvalue weighted by molar-refractivity contribution is -0.171. The first-order chi connectivity index (χ1) is 15.2. The number of esters is 1. The predicted octanol–water partition coefficient (Wildman–Crippen LogP) is 3.77. The van der Waals surface area contributed by atoms with Crippen LogP contribution >= 0.6 is 11.6 Å². The van der Waals surface area contributed by atoms with Crippen molar-refractivity contribution in [3.05, 3.63) is 23.8 Å².